The number of benzene rings is 1. The fraction of sp³-hybridized carbons (Fsp3) is 0.500. The summed E-state index contributed by atoms with van der Waals surface area (Å²) in [6.45, 7) is 6.08. The maximum atomic E-state index is 11.6. The largest absolute Gasteiger partial charge is 0.439 e. The van der Waals surface area contributed by atoms with Crippen LogP contribution in [-0.2, 0) is 4.74 Å². The van der Waals surface area contributed by atoms with Crippen molar-refractivity contribution in [1.82, 2.24) is 5.32 Å². The molecule has 0 unspecified atom stereocenters. The van der Waals surface area contributed by atoms with Crippen molar-refractivity contribution in [1.29, 1.82) is 0 Å². The lowest BCUT2D eigenvalue weighted by molar-refractivity contribution is 0.0104. The fourth-order valence-corrected chi connectivity index (χ4v) is 1.71. The highest BCUT2D eigenvalue weighted by molar-refractivity contribution is 5.67. The number of amides is 1. The Labute approximate surface area is 108 Å². The maximum Gasteiger partial charge on any atom is 0.407 e. The second kappa shape index (κ2) is 7.01. The second-order valence-corrected chi connectivity index (χ2v) is 4.35. The number of hydrogen-bond acceptors (Lipinski definition) is 3. The molecule has 2 atom stereocenters. The summed E-state index contributed by atoms with van der Waals surface area (Å²) < 4.78 is 5.28. The lowest BCUT2D eigenvalue weighted by Crippen LogP contribution is -2.30. The number of aliphatic hydroxyl groups is 1. The molecule has 1 amide bonds. The van der Waals surface area contributed by atoms with E-state index in [0.717, 1.165) is 17.5 Å². The van der Waals surface area contributed by atoms with Crippen molar-refractivity contribution < 1.29 is 14.6 Å². The third kappa shape index (κ3) is 4.04. The van der Waals surface area contributed by atoms with Crippen LogP contribution in [0.2, 0.25) is 0 Å². The van der Waals surface area contributed by atoms with Gasteiger partial charge in [0.25, 0.3) is 0 Å². The minimum Gasteiger partial charge on any atom is -0.439 e. The molecule has 0 aliphatic carbocycles. The molecule has 1 aromatic rings. The Morgan fingerprint density at radius 3 is 2.67 bits per heavy atom. The van der Waals surface area contributed by atoms with Crippen molar-refractivity contribution in [2.75, 3.05) is 6.54 Å². The van der Waals surface area contributed by atoms with Gasteiger partial charge in [-0.25, -0.2) is 4.79 Å². The minimum absolute atomic E-state index is 0.494. The summed E-state index contributed by atoms with van der Waals surface area (Å²) in [6.07, 6.45) is -1.04. The van der Waals surface area contributed by atoms with Crippen molar-refractivity contribution in [2.24, 2.45) is 0 Å². The molecule has 0 saturated carbocycles. The lowest BCUT2D eigenvalue weighted by Gasteiger charge is -2.22. The van der Waals surface area contributed by atoms with Crippen LogP contribution in [0.5, 0.6) is 0 Å². The van der Waals surface area contributed by atoms with Crippen LogP contribution in [0.4, 0.5) is 4.79 Å². The smallest absolute Gasteiger partial charge is 0.407 e. The van der Waals surface area contributed by atoms with Gasteiger partial charge in [0.05, 0.1) is 6.10 Å². The van der Waals surface area contributed by atoms with Crippen molar-refractivity contribution in [2.45, 2.75) is 39.4 Å². The van der Waals surface area contributed by atoms with Gasteiger partial charge in [0.1, 0.15) is 0 Å². The van der Waals surface area contributed by atoms with Crippen molar-refractivity contribution in [3.8, 4) is 0 Å². The van der Waals surface area contributed by atoms with E-state index in [1.54, 1.807) is 6.92 Å². The number of carbonyl (C=O) groups is 1. The number of rotatable bonds is 5. The van der Waals surface area contributed by atoms with Gasteiger partial charge in [0, 0.05) is 6.54 Å². The molecule has 100 valence electrons. The van der Waals surface area contributed by atoms with Crippen molar-refractivity contribution in [3.63, 3.8) is 0 Å². The van der Waals surface area contributed by atoms with E-state index in [1.165, 1.54) is 0 Å². The van der Waals surface area contributed by atoms with Gasteiger partial charge in [-0.3, -0.25) is 0 Å². The number of ether oxygens (including phenoxy) is 1. The molecule has 18 heavy (non-hydrogen) atoms. The van der Waals surface area contributed by atoms with Crippen LogP contribution in [-0.4, -0.2) is 23.8 Å². The van der Waals surface area contributed by atoms with Gasteiger partial charge >= 0.3 is 6.09 Å². The molecule has 0 fully saturated rings. The normalized spacial score (nSPS) is 13.8. The molecule has 0 radical (unpaired) electrons. The average Bonchev–Trinajstić information content (AvgIpc) is 2.34. The van der Waals surface area contributed by atoms with E-state index >= 15 is 0 Å². The average molecular weight is 251 g/mol. The first-order valence-corrected chi connectivity index (χ1v) is 6.24. The molecule has 0 aromatic heterocycles. The Kier molecular flexibility index (Phi) is 5.65. The number of hydrogen-bond donors (Lipinski definition) is 2. The highest BCUT2D eigenvalue weighted by Gasteiger charge is 2.23. The monoisotopic (exact) mass is 251 g/mol. The van der Waals surface area contributed by atoms with Crippen LogP contribution < -0.4 is 5.32 Å². The van der Waals surface area contributed by atoms with Gasteiger partial charge < -0.3 is 15.2 Å². The van der Waals surface area contributed by atoms with Crippen LogP contribution in [0.15, 0.2) is 24.3 Å². The SMILES string of the molecule is CCCNC(=O)O[C@@H](c1ccccc1C)[C@H](C)O. The summed E-state index contributed by atoms with van der Waals surface area (Å²) in [4.78, 5) is 11.6. The van der Waals surface area contributed by atoms with Crippen molar-refractivity contribution in [3.05, 3.63) is 35.4 Å². The second-order valence-electron chi connectivity index (χ2n) is 4.35. The summed E-state index contributed by atoms with van der Waals surface area (Å²) in [6, 6.07) is 7.57. The molecule has 0 spiro atoms. The van der Waals surface area contributed by atoms with Gasteiger partial charge in [-0.15, -0.1) is 0 Å². The van der Waals surface area contributed by atoms with Crippen LogP contribution >= 0.6 is 0 Å². The number of aliphatic hydroxyl groups excluding tert-OH is 1. The predicted octanol–water partition coefficient (Wildman–Crippen LogP) is 2.55. The molecule has 0 bridgehead atoms. The Hall–Kier alpha value is -1.55. The van der Waals surface area contributed by atoms with Crippen molar-refractivity contribution >= 4 is 6.09 Å². The third-order valence-corrected chi connectivity index (χ3v) is 2.69. The third-order valence-electron chi connectivity index (χ3n) is 2.69. The molecule has 0 heterocycles. The summed E-state index contributed by atoms with van der Waals surface area (Å²) in [5.74, 6) is 0. The highest BCUT2D eigenvalue weighted by atomic mass is 16.6. The minimum atomic E-state index is -0.751. The van der Waals surface area contributed by atoms with E-state index in [0.29, 0.717) is 6.54 Å². The van der Waals surface area contributed by atoms with E-state index in [1.807, 2.05) is 38.1 Å². The van der Waals surface area contributed by atoms with Crippen LogP contribution in [0, 0.1) is 6.92 Å². The molecular weight excluding hydrogens is 230 g/mol. The molecule has 2 N–H and O–H groups in total. The molecule has 1 rings (SSSR count). The molecule has 4 nitrogen and oxygen atoms in total. The topological polar surface area (TPSA) is 58.6 Å². The molecule has 4 heteroatoms. The van der Waals surface area contributed by atoms with Crippen LogP contribution in [0.3, 0.4) is 0 Å². The quantitative estimate of drug-likeness (QED) is 0.845. The Morgan fingerprint density at radius 2 is 2.11 bits per heavy atom. The zero-order chi connectivity index (χ0) is 13.5. The predicted molar refractivity (Wildman–Crippen MR) is 70.4 cm³/mol. The number of alkyl carbamates (subject to hydrolysis) is 1. The van der Waals surface area contributed by atoms with E-state index in [-0.39, 0.29) is 0 Å². The fourth-order valence-electron chi connectivity index (χ4n) is 1.71. The molecule has 1 aromatic carbocycles. The summed E-state index contributed by atoms with van der Waals surface area (Å²) >= 11 is 0. The Balaban J connectivity index is 2.78. The molecule has 0 aliphatic heterocycles. The zero-order valence-corrected chi connectivity index (χ0v) is 11.1. The summed E-state index contributed by atoms with van der Waals surface area (Å²) in [5, 5.41) is 12.4. The number of carbonyl (C=O) groups excluding carboxylic acids is 1. The van der Waals surface area contributed by atoms with E-state index in [2.05, 4.69) is 5.32 Å². The molecule has 0 aliphatic rings. The van der Waals surface area contributed by atoms with E-state index in [4.69, 9.17) is 4.74 Å². The summed E-state index contributed by atoms with van der Waals surface area (Å²) in [7, 11) is 0. The van der Waals surface area contributed by atoms with E-state index < -0.39 is 18.3 Å². The van der Waals surface area contributed by atoms with E-state index in [9.17, 15) is 9.90 Å². The Morgan fingerprint density at radius 1 is 1.44 bits per heavy atom. The van der Waals surface area contributed by atoms with Gasteiger partial charge in [-0.05, 0) is 31.4 Å². The van der Waals surface area contributed by atoms with Gasteiger partial charge in [0.15, 0.2) is 6.10 Å². The first-order valence-electron chi connectivity index (χ1n) is 6.24. The Bertz CT molecular complexity index is 390. The maximum absolute atomic E-state index is 11.6. The van der Waals surface area contributed by atoms with Gasteiger partial charge in [-0.2, -0.15) is 0 Å². The lowest BCUT2D eigenvalue weighted by atomic mass is 10.0. The van der Waals surface area contributed by atoms with Gasteiger partial charge in [0.2, 0.25) is 0 Å². The number of aryl methyl sites for hydroxylation is 1. The standard InChI is InChI=1S/C14H21NO3/c1-4-9-15-14(17)18-13(11(3)16)12-8-6-5-7-10(12)2/h5-8,11,13,16H,4,9H2,1-3H3,(H,15,17)/t11-,13+/m0/s1. The van der Waals surface area contributed by atoms with Crippen LogP contribution in [0.1, 0.15) is 37.5 Å². The highest BCUT2D eigenvalue weighted by Crippen LogP contribution is 2.24. The summed E-state index contributed by atoms with van der Waals surface area (Å²) in [5.41, 5.74) is 1.82. The van der Waals surface area contributed by atoms with Gasteiger partial charge in [-0.1, -0.05) is 31.2 Å². The first kappa shape index (κ1) is 14.5. The zero-order valence-electron chi connectivity index (χ0n) is 11.1. The van der Waals surface area contributed by atoms with Crippen LogP contribution in [0.25, 0.3) is 0 Å². The molecular formula is C14H21NO3. The first-order chi connectivity index (χ1) is 8.56. The molecule has 0 saturated heterocycles. The number of nitrogens with one attached hydrogen (secondary N) is 1.